The third-order valence-corrected chi connectivity index (χ3v) is 3.79. The topological polar surface area (TPSA) is 85.2 Å². The molecular weight excluding hydrogens is 327 g/mol. The summed E-state index contributed by atoms with van der Waals surface area (Å²) in [5.41, 5.74) is 1.03. The molecule has 1 aliphatic heterocycles. The Morgan fingerprint density at radius 1 is 1.20 bits per heavy atom. The lowest BCUT2D eigenvalue weighted by atomic mass is 10.2. The van der Waals surface area contributed by atoms with Gasteiger partial charge in [0.25, 0.3) is 0 Å². The van der Waals surface area contributed by atoms with Crippen molar-refractivity contribution >= 4 is 23.2 Å². The number of nitrogens with one attached hydrogen (secondary N) is 2. The molecule has 0 bridgehead atoms. The molecule has 1 aromatic carbocycles. The van der Waals surface area contributed by atoms with Crippen LogP contribution in [0.5, 0.6) is 0 Å². The molecule has 2 N–H and O–H groups in total. The summed E-state index contributed by atoms with van der Waals surface area (Å²) in [6.07, 6.45) is 5.25. The highest BCUT2D eigenvalue weighted by molar-refractivity contribution is 5.91. The zero-order valence-electron chi connectivity index (χ0n) is 13.6. The molecule has 2 aromatic rings. The first kappa shape index (κ1) is 17.1. The van der Waals surface area contributed by atoms with Crippen LogP contribution in [0.1, 0.15) is 19.3 Å². The Morgan fingerprint density at radius 3 is 2.68 bits per heavy atom. The van der Waals surface area contributed by atoms with Gasteiger partial charge in [-0.05, 0) is 37.1 Å². The molecule has 25 heavy (non-hydrogen) atoms. The molecule has 0 unspecified atom stereocenters. The normalized spacial score (nSPS) is 16.6. The second-order valence-electron chi connectivity index (χ2n) is 5.87. The van der Waals surface area contributed by atoms with Gasteiger partial charge >= 0.3 is 0 Å². The minimum atomic E-state index is -0.367. The number of aromatic nitrogens is 2. The molecule has 0 radical (unpaired) electrons. The molecule has 1 aromatic heterocycles. The maximum Gasteiger partial charge on any atom is 0.246 e. The van der Waals surface area contributed by atoms with E-state index in [0.29, 0.717) is 24.4 Å². The fourth-order valence-corrected chi connectivity index (χ4v) is 2.62. The van der Waals surface area contributed by atoms with Gasteiger partial charge in [-0.25, -0.2) is 4.39 Å². The average molecular weight is 346 g/mol. The minimum absolute atomic E-state index is 0.0149. The number of carbonyl (C=O) groups excluding carboxylic acids is 2. The smallest absolute Gasteiger partial charge is 0.246 e. The summed E-state index contributed by atoms with van der Waals surface area (Å²) in [6.45, 7) is 0.692. The lowest BCUT2D eigenvalue weighted by Crippen LogP contribution is -2.19. The van der Waals surface area contributed by atoms with E-state index in [9.17, 15) is 14.0 Å². The van der Waals surface area contributed by atoms with Gasteiger partial charge in [0.2, 0.25) is 11.8 Å². The fraction of sp³-hybridized carbons (Fsp3) is 0.353. The highest BCUT2D eigenvalue weighted by Gasteiger charge is 2.19. The molecule has 2 heterocycles. The van der Waals surface area contributed by atoms with E-state index < -0.39 is 0 Å². The first-order valence-electron chi connectivity index (χ1n) is 8.08. The molecule has 7 nitrogen and oxygen atoms in total. The van der Waals surface area contributed by atoms with Crippen molar-refractivity contribution in [2.24, 2.45) is 0 Å². The molecule has 0 spiro atoms. The number of nitrogens with zero attached hydrogens (tertiary/aromatic N) is 2. The van der Waals surface area contributed by atoms with Crippen LogP contribution in [0.2, 0.25) is 0 Å². The number of hydrogen-bond acceptors (Lipinski definition) is 4. The first-order chi connectivity index (χ1) is 12.1. The van der Waals surface area contributed by atoms with Crippen molar-refractivity contribution in [3.63, 3.8) is 0 Å². The summed E-state index contributed by atoms with van der Waals surface area (Å²) in [5, 5.41) is 9.43. The number of benzene rings is 1. The lowest BCUT2D eigenvalue weighted by molar-refractivity contribution is -0.118. The van der Waals surface area contributed by atoms with Crippen LogP contribution in [0.15, 0.2) is 36.7 Å². The number of halogens is 1. The summed E-state index contributed by atoms with van der Waals surface area (Å²) in [7, 11) is 0. The molecule has 1 fully saturated rings. The zero-order chi connectivity index (χ0) is 17.6. The van der Waals surface area contributed by atoms with Crippen molar-refractivity contribution in [1.82, 2.24) is 9.78 Å². The summed E-state index contributed by atoms with van der Waals surface area (Å²) in [4.78, 5) is 23.9. The first-order valence-corrected chi connectivity index (χ1v) is 8.08. The third kappa shape index (κ3) is 5.12. The summed E-state index contributed by atoms with van der Waals surface area (Å²) in [6, 6.07) is 5.50. The van der Waals surface area contributed by atoms with Gasteiger partial charge in [0, 0.05) is 18.5 Å². The molecule has 1 aliphatic rings. The Morgan fingerprint density at radius 2 is 1.96 bits per heavy atom. The summed E-state index contributed by atoms with van der Waals surface area (Å²) in [5.74, 6) is -0.803. The van der Waals surface area contributed by atoms with E-state index in [-0.39, 0.29) is 30.3 Å². The summed E-state index contributed by atoms with van der Waals surface area (Å²) >= 11 is 0. The molecule has 8 heteroatoms. The number of ether oxygens (including phenoxy) is 1. The van der Waals surface area contributed by atoms with E-state index in [1.165, 1.54) is 35.1 Å². The van der Waals surface area contributed by atoms with Gasteiger partial charge in [0.15, 0.2) is 0 Å². The van der Waals surface area contributed by atoms with Crippen LogP contribution in [0, 0.1) is 5.82 Å². The maximum atomic E-state index is 12.8. The second kappa shape index (κ2) is 7.89. The van der Waals surface area contributed by atoms with Gasteiger partial charge in [0.05, 0.1) is 24.4 Å². The highest BCUT2D eigenvalue weighted by Crippen LogP contribution is 2.16. The number of amides is 2. The minimum Gasteiger partial charge on any atom is -0.378 e. The largest absolute Gasteiger partial charge is 0.378 e. The van der Waals surface area contributed by atoms with Crippen LogP contribution in [0.3, 0.4) is 0 Å². The Hall–Kier alpha value is -2.74. The van der Waals surface area contributed by atoms with Gasteiger partial charge in [-0.2, -0.15) is 5.10 Å². The molecule has 0 saturated carbocycles. The predicted octanol–water partition coefficient (Wildman–Crippen LogP) is 2.17. The van der Waals surface area contributed by atoms with Gasteiger partial charge in [0.1, 0.15) is 12.4 Å². The number of carbonyl (C=O) groups is 2. The third-order valence-electron chi connectivity index (χ3n) is 3.79. The van der Waals surface area contributed by atoms with E-state index in [1.807, 2.05) is 0 Å². The monoisotopic (exact) mass is 346 g/mol. The quantitative estimate of drug-likeness (QED) is 0.839. The Balaban J connectivity index is 1.48. The molecule has 3 rings (SSSR count). The van der Waals surface area contributed by atoms with E-state index in [1.54, 1.807) is 6.20 Å². The van der Waals surface area contributed by atoms with Gasteiger partial charge < -0.3 is 15.4 Å². The van der Waals surface area contributed by atoms with Crippen LogP contribution in [-0.4, -0.2) is 34.3 Å². The van der Waals surface area contributed by atoms with Crippen LogP contribution in [0.25, 0.3) is 0 Å². The number of anilines is 2. The van der Waals surface area contributed by atoms with Gasteiger partial charge in [-0.15, -0.1) is 0 Å². The van der Waals surface area contributed by atoms with E-state index >= 15 is 0 Å². The molecule has 1 saturated heterocycles. The van der Waals surface area contributed by atoms with Crippen molar-refractivity contribution in [2.75, 3.05) is 17.2 Å². The van der Waals surface area contributed by atoms with E-state index in [2.05, 4.69) is 15.7 Å². The SMILES string of the molecule is O=C(C[C@@H]1CCCO1)Nc1cnn(CC(=O)Nc2ccc(F)cc2)c1. The lowest BCUT2D eigenvalue weighted by Gasteiger charge is -2.08. The number of rotatable bonds is 6. The highest BCUT2D eigenvalue weighted by atomic mass is 19.1. The Kier molecular flexibility index (Phi) is 5.39. The fourth-order valence-electron chi connectivity index (χ4n) is 2.62. The second-order valence-corrected chi connectivity index (χ2v) is 5.87. The molecular formula is C17H19FN4O3. The Bertz CT molecular complexity index is 739. The van der Waals surface area contributed by atoms with Crippen LogP contribution in [-0.2, 0) is 20.9 Å². The van der Waals surface area contributed by atoms with Gasteiger partial charge in [-0.3, -0.25) is 14.3 Å². The maximum absolute atomic E-state index is 12.8. The molecule has 1 atom stereocenters. The van der Waals surface area contributed by atoms with Crippen molar-refractivity contribution in [2.45, 2.75) is 31.9 Å². The van der Waals surface area contributed by atoms with Gasteiger partial charge in [-0.1, -0.05) is 0 Å². The number of hydrogen-bond donors (Lipinski definition) is 2. The predicted molar refractivity (Wildman–Crippen MR) is 89.5 cm³/mol. The zero-order valence-corrected chi connectivity index (χ0v) is 13.6. The van der Waals surface area contributed by atoms with Crippen molar-refractivity contribution in [1.29, 1.82) is 0 Å². The average Bonchev–Trinajstić information content (AvgIpc) is 3.22. The van der Waals surface area contributed by atoms with Crippen molar-refractivity contribution in [3.05, 3.63) is 42.5 Å². The van der Waals surface area contributed by atoms with Crippen molar-refractivity contribution < 1.29 is 18.7 Å². The van der Waals surface area contributed by atoms with E-state index in [0.717, 1.165) is 12.8 Å². The molecule has 2 amide bonds. The molecule has 132 valence electrons. The molecule has 0 aliphatic carbocycles. The van der Waals surface area contributed by atoms with Crippen molar-refractivity contribution in [3.8, 4) is 0 Å². The van der Waals surface area contributed by atoms with Crippen LogP contribution < -0.4 is 10.6 Å². The standard InChI is InChI=1S/C17H19FN4O3/c18-12-3-5-13(6-4-12)20-17(24)11-22-10-14(9-19-22)21-16(23)8-15-2-1-7-25-15/h3-6,9-10,15H,1-2,7-8,11H2,(H,20,24)(H,21,23)/t15-/m0/s1. The summed E-state index contributed by atoms with van der Waals surface area (Å²) < 4.78 is 19.7. The van der Waals surface area contributed by atoms with E-state index in [4.69, 9.17) is 4.74 Å². The Labute approximate surface area is 144 Å². The van der Waals surface area contributed by atoms with Crippen LogP contribution in [0.4, 0.5) is 15.8 Å². The van der Waals surface area contributed by atoms with Crippen LogP contribution >= 0.6 is 0 Å².